The van der Waals surface area contributed by atoms with Crippen molar-refractivity contribution in [2.75, 3.05) is 0 Å². The Hall–Kier alpha value is -1.90. The molecule has 1 heterocycles. The van der Waals surface area contributed by atoms with E-state index >= 15 is 0 Å². The number of aromatic nitrogens is 1. The number of rotatable bonds is 2. The molecule has 0 aliphatic heterocycles. The van der Waals surface area contributed by atoms with Crippen molar-refractivity contribution in [3.8, 4) is 0 Å². The number of carbonyl (C=O) groups excluding carboxylic acids is 1. The topological polar surface area (TPSA) is 42.0 Å². The Bertz CT molecular complexity index is 648. The van der Waals surface area contributed by atoms with Gasteiger partial charge in [0.2, 0.25) is 0 Å². The molecule has 1 amide bonds. The number of nitrogens with one attached hydrogen (secondary N) is 1. The van der Waals surface area contributed by atoms with E-state index in [1.807, 2.05) is 30.3 Å². The number of fused-ring (bicyclic) bond motifs is 1. The molecule has 0 radical (unpaired) electrons. The minimum atomic E-state index is -0.0570. The van der Waals surface area contributed by atoms with Crippen LogP contribution in [0.5, 0.6) is 0 Å². The Balaban J connectivity index is 1.76. The van der Waals surface area contributed by atoms with Crippen LogP contribution in [-0.2, 0) is 0 Å². The highest BCUT2D eigenvalue weighted by Crippen LogP contribution is 2.36. The van der Waals surface area contributed by atoms with Crippen molar-refractivity contribution in [1.29, 1.82) is 0 Å². The maximum absolute atomic E-state index is 12.3. The fourth-order valence-corrected chi connectivity index (χ4v) is 3.01. The van der Waals surface area contributed by atoms with Gasteiger partial charge in [0.25, 0.3) is 5.91 Å². The molecule has 1 atom stereocenters. The van der Waals surface area contributed by atoms with E-state index < -0.39 is 0 Å². The van der Waals surface area contributed by atoms with Gasteiger partial charge in [0, 0.05) is 11.4 Å². The van der Waals surface area contributed by atoms with Gasteiger partial charge in [0.05, 0.1) is 5.52 Å². The van der Waals surface area contributed by atoms with E-state index in [-0.39, 0.29) is 11.9 Å². The molecule has 0 bridgehead atoms. The lowest BCUT2D eigenvalue weighted by atomic mass is 9.92. The Morgan fingerprint density at radius 1 is 1.25 bits per heavy atom. The lowest BCUT2D eigenvalue weighted by molar-refractivity contribution is 0.0931. The summed E-state index contributed by atoms with van der Waals surface area (Å²) >= 11 is 0. The van der Waals surface area contributed by atoms with E-state index in [1.165, 1.54) is 6.42 Å². The molecule has 104 valence electrons. The number of para-hydroxylation sites is 1. The highest BCUT2D eigenvalue weighted by atomic mass is 16.1. The van der Waals surface area contributed by atoms with E-state index in [9.17, 15) is 4.79 Å². The van der Waals surface area contributed by atoms with Crippen LogP contribution in [0.15, 0.2) is 36.4 Å². The summed E-state index contributed by atoms with van der Waals surface area (Å²) in [6.07, 6.45) is 3.28. The van der Waals surface area contributed by atoms with Crippen LogP contribution < -0.4 is 5.32 Å². The van der Waals surface area contributed by atoms with E-state index in [0.717, 1.165) is 23.7 Å². The van der Waals surface area contributed by atoms with Gasteiger partial charge in [-0.3, -0.25) is 4.79 Å². The van der Waals surface area contributed by atoms with Crippen LogP contribution in [0.2, 0.25) is 0 Å². The summed E-state index contributed by atoms with van der Waals surface area (Å²) in [6.45, 7) is 4.51. The Labute approximate surface area is 119 Å². The summed E-state index contributed by atoms with van der Waals surface area (Å²) in [7, 11) is 0. The maximum Gasteiger partial charge on any atom is 0.270 e. The number of carbonyl (C=O) groups is 1. The fourth-order valence-electron chi connectivity index (χ4n) is 3.01. The molecule has 0 saturated heterocycles. The van der Waals surface area contributed by atoms with Crippen molar-refractivity contribution in [1.82, 2.24) is 10.3 Å². The van der Waals surface area contributed by atoms with Crippen LogP contribution in [0.3, 0.4) is 0 Å². The van der Waals surface area contributed by atoms with E-state index in [1.54, 1.807) is 6.07 Å². The summed E-state index contributed by atoms with van der Waals surface area (Å²) in [5, 5.41) is 4.18. The zero-order chi connectivity index (χ0) is 14.2. The fraction of sp³-hybridized carbons (Fsp3) is 0.412. The smallest absolute Gasteiger partial charge is 0.270 e. The molecule has 1 unspecified atom stereocenters. The first-order valence-corrected chi connectivity index (χ1v) is 7.20. The van der Waals surface area contributed by atoms with Gasteiger partial charge in [-0.05, 0) is 36.8 Å². The van der Waals surface area contributed by atoms with Crippen LogP contribution in [0.25, 0.3) is 10.9 Å². The third kappa shape index (κ3) is 2.67. The van der Waals surface area contributed by atoms with Crippen molar-refractivity contribution < 1.29 is 4.79 Å². The highest BCUT2D eigenvalue weighted by molar-refractivity contribution is 5.95. The molecular weight excluding hydrogens is 248 g/mol. The first-order chi connectivity index (χ1) is 9.53. The van der Waals surface area contributed by atoms with Crippen LogP contribution in [0.4, 0.5) is 0 Å². The minimum absolute atomic E-state index is 0.0570. The molecule has 1 N–H and O–H groups in total. The monoisotopic (exact) mass is 268 g/mol. The summed E-state index contributed by atoms with van der Waals surface area (Å²) < 4.78 is 0. The predicted molar refractivity (Wildman–Crippen MR) is 80.6 cm³/mol. The molecule has 1 aliphatic carbocycles. The first kappa shape index (κ1) is 13.1. The second-order valence-electron chi connectivity index (χ2n) is 6.47. The number of hydrogen-bond acceptors (Lipinski definition) is 2. The highest BCUT2D eigenvalue weighted by Gasteiger charge is 2.31. The lowest BCUT2D eigenvalue weighted by Crippen LogP contribution is -2.34. The number of pyridine rings is 1. The Kier molecular flexibility index (Phi) is 3.20. The van der Waals surface area contributed by atoms with Gasteiger partial charge in [-0.1, -0.05) is 38.1 Å². The molecule has 1 saturated carbocycles. The summed E-state index contributed by atoms with van der Waals surface area (Å²) in [5.41, 5.74) is 1.72. The van der Waals surface area contributed by atoms with Crippen LogP contribution in [0, 0.1) is 5.41 Å². The molecule has 1 fully saturated rings. The summed E-state index contributed by atoms with van der Waals surface area (Å²) in [6, 6.07) is 11.9. The van der Waals surface area contributed by atoms with Crippen molar-refractivity contribution >= 4 is 16.8 Å². The van der Waals surface area contributed by atoms with Crippen molar-refractivity contribution in [3.05, 3.63) is 42.1 Å². The van der Waals surface area contributed by atoms with Gasteiger partial charge < -0.3 is 5.32 Å². The Morgan fingerprint density at radius 2 is 2.05 bits per heavy atom. The van der Waals surface area contributed by atoms with Crippen molar-refractivity contribution in [3.63, 3.8) is 0 Å². The summed E-state index contributed by atoms with van der Waals surface area (Å²) in [4.78, 5) is 16.7. The molecule has 3 heteroatoms. The minimum Gasteiger partial charge on any atom is -0.348 e. The lowest BCUT2D eigenvalue weighted by Gasteiger charge is -2.17. The third-order valence-electron chi connectivity index (χ3n) is 4.13. The molecule has 1 aliphatic rings. The van der Waals surface area contributed by atoms with Crippen LogP contribution >= 0.6 is 0 Å². The predicted octanol–water partition coefficient (Wildman–Crippen LogP) is 3.54. The molecule has 1 aromatic heterocycles. The van der Waals surface area contributed by atoms with E-state index in [2.05, 4.69) is 24.1 Å². The van der Waals surface area contributed by atoms with Gasteiger partial charge in [0.15, 0.2) is 0 Å². The van der Waals surface area contributed by atoms with E-state index in [0.29, 0.717) is 11.1 Å². The molecule has 20 heavy (non-hydrogen) atoms. The SMILES string of the molecule is CC1(C)CCC(NC(=O)c2ccc3ccccc3n2)C1. The van der Waals surface area contributed by atoms with Crippen molar-refractivity contribution in [2.45, 2.75) is 39.2 Å². The molecule has 3 nitrogen and oxygen atoms in total. The van der Waals surface area contributed by atoms with Gasteiger partial charge in [-0.2, -0.15) is 0 Å². The number of nitrogens with zero attached hydrogens (tertiary/aromatic N) is 1. The van der Waals surface area contributed by atoms with Gasteiger partial charge >= 0.3 is 0 Å². The second kappa shape index (κ2) is 4.89. The standard InChI is InChI=1S/C17H20N2O/c1-17(2)10-9-13(11-17)18-16(20)15-8-7-12-5-3-4-6-14(12)19-15/h3-8,13H,9-11H2,1-2H3,(H,18,20). The largest absolute Gasteiger partial charge is 0.348 e. The normalized spacial score (nSPS) is 21.0. The van der Waals surface area contributed by atoms with Gasteiger partial charge in [-0.15, -0.1) is 0 Å². The average molecular weight is 268 g/mol. The van der Waals surface area contributed by atoms with Crippen LogP contribution in [0.1, 0.15) is 43.6 Å². The van der Waals surface area contributed by atoms with Crippen LogP contribution in [-0.4, -0.2) is 16.9 Å². The van der Waals surface area contributed by atoms with Crippen molar-refractivity contribution in [2.24, 2.45) is 5.41 Å². The quantitative estimate of drug-likeness (QED) is 0.905. The molecule has 2 aromatic rings. The molecule has 0 spiro atoms. The average Bonchev–Trinajstić information content (AvgIpc) is 2.77. The molecular formula is C17H20N2O. The van der Waals surface area contributed by atoms with Gasteiger partial charge in [-0.25, -0.2) is 4.98 Å². The summed E-state index contributed by atoms with van der Waals surface area (Å²) in [5.74, 6) is -0.0570. The zero-order valence-corrected chi connectivity index (χ0v) is 12.0. The number of amides is 1. The zero-order valence-electron chi connectivity index (χ0n) is 12.0. The van der Waals surface area contributed by atoms with Gasteiger partial charge in [0.1, 0.15) is 5.69 Å². The maximum atomic E-state index is 12.3. The Morgan fingerprint density at radius 3 is 2.80 bits per heavy atom. The third-order valence-corrected chi connectivity index (χ3v) is 4.13. The second-order valence-corrected chi connectivity index (χ2v) is 6.47. The molecule has 3 rings (SSSR count). The first-order valence-electron chi connectivity index (χ1n) is 7.20. The number of hydrogen-bond donors (Lipinski definition) is 1. The molecule has 1 aromatic carbocycles. The van der Waals surface area contributed by atoms with E-state index in [4.69, 9.17) is 0 Å². The number of benzene rings is 1.